The molecule has 3 nitrogen and oxygen atoms in total. The van der Waals surface area contributed by atoms with Crippen LogP contribution >= 0.6 is 11.6 Å². The second-order valence-electron chi connectivity index (χ2n) is 5.57. The number of rotatable bonds is 2. The molecule has 0 aliphatic heterocycles. The van der Waals surface area contributed by atoms with Crippen LogP contribution in [0.4, 0.5) is 5.69 Å². The van der Waals surface area contributed by atoms with E-state index in [9.17, 15) is 4.79 Å². The fourth-order valence-electron chi connectivity index (χ4n) is 2.68. The molecule has 4 heteroatoms. The quantitative estimate of drug-likeness (QED) is 0.842. The number of hydrogen-bond donors (Lipinski definition) is 1. The van der Waals surface area contributed by atoms with Gasteiger partial charge in [-0.1, -0.05) is 18.5 Å². The summed E-state index contributed by atoms with van der Waals surface area (Å²) in [6.45, 7) is 2.28. The Morgan fingerprint density at radius 3 is 2.53 bits per heavy atom. The second-order valence-corrected chi connectivity index (χ2v) is 5.97. The van der Waals surface area contributed by atoms with Gasteiger partial charge < -0.3 is 10.6 Å². The van der Waals surface area contributed by atoms with Gasteiger partial charge in [-0.2, -0.15) is 0 Å². The third-order valence-corrected chi connectivity index (χ3v) is 4.44. The van der Waals surface area contributed by atoms with Gasteiger partial charge in [0.25, 0.3) is 5.91 Å². The molecular formula is C15H21ClN2O. The summed E-state index contributed by atoms with van der Waals surface area (Å²) in [6.07, 6.45) is 4.58. The Morgan fingerprint density at radius 1 is 1.32 bits per heavy atom. The van der Waals surface area contributed by atoms with Gasteiger partial charge in [0.2, 0.25) is 0 Å². The van der Waals surface area contributed by atoms with Crippen LogP contribution in [-0.4, -0.2) is 23.9 Å². The van der Waals surface area contributed by atoms with Gasteiger partial charge in [0, 0.05) is 18.7 Å². The zero-order valence-electron chi connectivity index (χ0n) is 11.5. The lowest BCUT2D eigenvalue weighted by Gasteiger charge is -2.33. The Hall–Kier alpha value is -1.22. The van der Waals surface area contributed by atoms with Crippen molar-refractivity contribution in [3.63, 3.8) is 0 Å². The summed E-state index contributed by atoms with van der Waals surface area (Å²) >= 11 is 5.88. The zero-order chi connectivity index (χ0) is 14.0. The van der Waals surface area contributed by atoms with E-state index in [4.69, 9.17) is 17.3 Å². The lowest BCUT2D eigenvalue weighted by atomic mass is 9.86. The predicted molar refractivity (Wildman–Crippen MR) is 79.4 cm³/mol. The molecule has 1 aromatic rings. The molecule has 0 heterocycles. The minimum absolute atomic E-state index is 0.0305. The molecule has 1 aromatic carbocycles. The summed E-state index contributed by atoms with van der Waals surface area (Å²) in [5.41, 5.74) is 6.82. The maximum absolute atomic E-state index is 12.4. The van der Waals surface area contributed by atoms with E-state index in [1.807, 2.05) is 11.9 Å². The van der Waals surface area contributed by atoms with Crippen molar-refractivity contribution < 1.29 is 4.79 Å². The topological polar surface area (TPSA) is 46.3 Å². The number of anilines is 1. The molecule has 1 amide bonds. The maximum Gasteiger partial charge on any atom is 0.253 e. The standard InChI is InChI=1S/C15H21ClN2O/c1-10-3-6-12(7-4-10)18(2)15(19)11-5-8-13(16)14(17)9-11/h5,8-10,12H,3-4,6-7,17H2,1-2H3. The highest BCUT2D eigenvalue weighted by molar-refractivity contribution is 6.33. The van der Waals surface area contributed by atoms with Crippen molar-refractivity contribution >= 4 is 23.2 Å². The summed E-state index contributed by atoms with van der Waals surface area (Å²) in [5.74, 6) is 0.814. The Kier molecular flexibility index (Phi) is 4.35. The fraction of sp³-hybridized carbons (Fsp3) is 0.533. The third kappa shape index (κ3) is 3.21. The molecule has 2 rings (SSSR count). The van der Waals surface area contributed by atoms with Gasteiger partial charge in [0.05, 0.1) is 10.7 Å². The van der Waals surface area contributed by atoms with Crippen molar-refractivity contribution in [3.05, 3.63) is 28.8 Å². The number of halogens is 1. The minimum Gasteiger partial charge on any atom is -0.398 e. The van der Waals surface area contributed by atoms with Crippen LogP contribution in [0.3, 0.4) is 0 Å². The van der Waals surface area contributed by atoms with Gasteiger partial charge in [-0.15, -0.1) is 0 Å². The van der Waals surface area contributed by atoms with Crippen molar-refractivity contribution in [2.24, 2.45) is 5.92 Å². The third-order valence-electron chi connectivity index (χ3n) is 4.10. The average Bonchev–Trinajstić information content (AvgIpc) is 2.41. The number of amides is 1. The molecule has 0 aromatic heterocycles. The highest BCUT2D eigenvalue weighted by Gasteiger charge is 2.25. The van der Waals surface area contributed by atoms with E-state index in [1.54, 1.807) is 18.2 Å². The number of hydrogen-bond acceptors (Lipinski definition) is 2. The van der Waals surface area contributed by atoms with E-state index in [0.29, 0.717) is 22.3 Å². The highest BCUT2D eigenvalue weighted by Crippen LogP contribution is 2.28. The van der Waals surface area contributed by atoms with Crippen LogP contribution in [0.5, 0.6) is 0 Å². The van der Waals surface area contributed by atoms with E-state index < -0.39 is 0 Å². The number of nitrogens with two attached hydrogens (primary N) is 1. The first kappa shape index (κ1) is 14.2. The molecule has 1 saturated carbocycles. The summed E-state index contributed by atoms with van der Waals surface area (Å²) in [4.78, 5) is 14.3. The van der Waals surface area contributed by atoms with Crippen molar-refractivity contribution in [1.29, 1.82) is 0 Å². The largest absolute Gasteiger partial charge is 0.398 e. The average molecular weight is 281 g/mol. The van der Waals surface area contributed by atoms with Gasteiger partial charge >= 0.3 is 0 Å². The van der Waals surface area contributed by atoms with Gasteiger partial charge in [-0.05, 0) is 49.8 Å². The number of benzene rings is 1. The monoisotopic (exact) mass is 280 g/mol. The number of nitrogen functional groups attached to an aromatic ring is 1. The molecule has 19 heavy (non-hydrogen) atoms. The maximum atomic E-state index is 12.4. The van der Waals surface area contributed by atoms with Gasteiger partial charge in [0.1, 0.15) is 0 Å². The van der Waals surface area contributed by atoms with Crippen LogP contribution in [0.25, 0.3) is 0 Å². The van der Waals surface area contributed by atoms with E-state index in [0.717, 1.165) is 18.8 Å². The van der Waals surface area contributed by atoms with Gasteiger partial charge in [-0.25, -0.2) is 0 Å². The van der Waals surface area contributed by atoms with E-state index in [1.165, 1.54) is 12.8 Å². The molecule has 1 aliphatic carbocycles. The summed E-state index contributed by atoms with van der Waals surface area (Å²) < 4.78 is 0. The smallest absolute Gasteiger partial charge is 0.253 e. The summed E-state index contributed by atoms with van der Waals surface area (Å²) in [6, 6.07) is 5.43. The Bertz CT molecular complexity index is 467. The molecule has 0 saturated heterocycles. The molecule has 2 N–H and O–H groups in total. The Balaban J connectivity index is 2.08. The molecule has 1 fully saturated rings. The molecule has 0 atom stereocenters. The molecule has 0 unspecified atom stereocenters. The van der Waals surface area contributed by atoms with Crippen molar-refractivity contribution in [3.8, 4) is 0 Å². The lowest BCUT2D eigenvalue weighted by Crippen LogP contribution is -2.39. The molecule has 0 spiro atoms. The van der Waals surface area contributed by atoms with Crippen molar-refractivity contribution in [1.82, 2.24) is 4.90 Å². The molecule has 0 radical (unpaired) electrons. The van der Waals surface area contributed by atoms with Crippen LogP contribution in [0.15, 0.2) is 18.2 Å². The van der Waals surface area contributed by atoms with Gasteiger partial charge in [-0.3, -0.25) is 4.79 Å². The van der Waals surface area contributed by atoms with Crippen molar-refractivity contribution in [2.45, 2.75) is 38.6 Å². The number of carbonyl (C=O) groups excluding carboxylic acids is 1. The summed E-state index contributed by atoms with van der Waals surface area (Å²) in [5, 5.41) is 0.491. The normalized spacial score (nSPS) is 23.1. The van der Waals surface area contributed by atoms with Crippen LogP contribution in [0, 0.1) is 5.92 Å². The molecular weight excluding hydrogens is 260 g/mol. The molecule has 1 aliphatic rings. The number of carbonyl (C=O) groups is 1. The first-order chi connectivity index (χ1) is 8.99. The van der Waals surface area contributed by atoms with Crippen LogP contribution < -0.4 is 5.73 Å². The SMILES string of the molecule is CC1CCC(N(C)C(=O)c2ccc(Cl)c(N)c2)CC1. The zero-order valence-corrected chi connectivity index (χ0v) is 12.3. The predicted octanol–water partition coefficient (Wildman–Crippen LogP) is 3.57. The second kappa shape index (κ2) is 5.83. The molecule has 0 bridgehead atoms. The number of nitrogens with zero attached hydrogens (tertiary/aromatic N) is 1. The van der Waals surface area contributed by atoms with Crippen LogP contribution in [0.2, 0.25) is 5.02 Å². The summed E-state index contributed by atoms with van der Waals surface area (Å²) in [7, 11) is 1.88. The van der Waals surface area contributed by atoms with Crippen LogP contribution in [0.1, 0.15) is 43.0 Å². The Morgan fingerprint density at radius 2 is 1.95 bits per heavy atom. The first-order valence-electron chi connectivity index (χ1n) is 6.81. The van der Waals surface area contributed by atoms with E-state index in [2.05, 4.69) is 6.92 Å². The molecule has 104 valence electrons. The van der Waals surface area contributed by atoms with Gasteiger partial charge in [0.15, 0.2) is 0 Å². The highest BCUT2D eigenvalue weighted by atomic mass is 35.5. The van der Waals surface area contributed by atoms with Crippen LogP contribution in [-0.2, 0) is 0 Å². The Labute approximate surface area is 119 Å². The minimum atomic E-state index is 0.0305. The van der Waals surface area contributed by atoms with Crippen molar-refractivity contribution in [2.75, 3.05) is 12.8 Å². The lowest BCUT2D eigenvalue weighted by molar-refractivity contribution is 0.0679. The van der Waals surface area contributed by atoms with E-state index >= 15 is 0 Å². The first-order valence-corrected chi connectivity index (χ1v) is 7.19. The van der Waals surface area contributed by atoms with E-state index in [-0.39, 0.29) is 5.91 Å². The fourth-order valence-corrected chi connectivity index (χ4v) is 2.79.